The molecule has 0 bridgehead atoms. The topological polar surface area (TPSA) is 74.0 Å². The predicted octanol–water partition coefficient (Wildman–Crippen LogP) is 2.99. The van der Waals surface area contributed by atoms with Crippen molar-refractivity contribution in [3.8, 4) is 0 Å². The lowest BCUT2D eigenvalue weighted by atomic mass is 10.0. The zero-order chi connectivity index (χ0) is 18.4. The normalized spacial score (nSPS) is 19.6. The molecule has 1 aliphatic heterocycles. The van der Waals surface area contributed by atoms with Gasteiger partial charge in [0.2, 0.25) is 0 Å². The number of morpholine rings is 1. The molecule has 1 unspecified atom stereocenters. The highest BCUT2D eigenvalue weighted by atomic mass is 35.5. The van der Waals surface area contributed by atoms with Crippen LogP contribution in [0.1, 0.15) is 32.4 Å². The van der Waals surface area contributed by atoms with Crippen LogP contribution in [-0.2, 0) is 14.2 Å². The Hall–Kier alpha value is -1.34. The van der Waals surface area contributed by atoms with Crippen molar-refractivity contribution in [1.29, 1.82) is 0 Å². The summed E-state index contributed by atoms with van der Waals surface area (Å²) in [5.74, 6) is 0. The van der Waals surface area contributed by atoms with E-state index in [4.69, 9.17) is 31.5 Å². The molecular weight excluding hydrogens is 344 g/mol. The molecule has 1 aromatic carbocycles. The first-order valence-electron chi connectivity index (χ1n) is 8.47. The Kier molecular flexibility index (Phi) is 7.07. The van der Waals surface area contributed by atoms with Gasteiger partial charge in [-0.05, 0) is 38.5 Å². The summed E-state index contributed by atoms with van der Waals surface area (Å²) in [6.07, 6.45) is -1.01. The van der Waals surface area contributed by atoms with E-state index >= 15 is 0 Å². The zero-order valence-corrected chi connectivity index (χ0v) is 15.8. The minimum absolute atomic E-state index is 0.314. The number of amides is 1. The fourth-order valence-corrected chi connectivity index (χ4v) is 2.85. The average Bonchev–Trinajstić information content (AvgIpc) is 2.54. The maximum atomic E-state index is 12.4. The van der Waals surface area contributed by atoms with Gasteiger partial charge in [0.05, 0.1) is 19.8 Å². The van der Waals surface area contributed by atoms with Crippen LogP contribution in [0.2, 0.25) is 5.02 Å². The minimum Gasteiger partial charge on any atom is -0.444 e. The molecule has 2 atom stereocenters. The Bertz CT molecular complexity index is 576. The van der Waals surface area contributed by atoms with Crippen LogP contribution in [0.15, 0.2) is 24.3 Å². The second kappa shape index (κ2) is 8.85. The molecule has 1 aromatic rings. The number of hydrogen-bond acceptors (Lipinski definition) is 5. The molecule has 25 heavy (non-hydrogen) atoms. The van der Waals surface area contributed by atoms with Crippen molar-refractivity contribution in [3.05, 3.63) is 34.9 Å². The summed E-state index contributed by atoms with van der Waals surface area (Å²) in [4.78, 5) is 14.0. The minimum atomic E-state index is -0.534. The number of carbonyl (C=O) groups excluding carboxylic acids is 1. The molecule has 1 aliphatic rings. The Morgan fingerprint density at radius 2 is 2.24 bits per heavy atom. The van der Waals surface area contributed by atoms with Crippen molar-refractivity contribution in [3.63, 3.8) is 0 Å². The summed E-state index contributed by atoms with van der Waals surface area (Å²) >= 11 is 6.11. The van der Waals surface area contributed by atoms with E-state index in [0.717, 1.165) is 5.56 Å². The molecule has 2 N–H and O–H groups in total. The molecule has 140 valence electrons. The Labute approximate surface area is 154 Å². The van der Waals surface area contributed by atoms with Crippen LogP contribution in [0.25, 0.3) is 0 Å². The molecule has 2 rings (SSSR count). The van der Waals surface area contributed by atoms with Crippen LogP contribution in [-0.4, -0.2) is 55.5 Å². The van der Waals surface area contributed by atoms with Crippen LogP contribution in [0.5, 0.6) is 0 Å². The zero-order valence-electron chi connectivity index (χ0n) is 15.0. The Morgan fingerprint density at radius 1 is 1.48 bits per heavy atom. The fourth-order valence-electron chi connectivity index (χ4n) is 2.65. The first kappa shape index (κ1) is 20.0. The quantitative estimate of drug-likeness (QED) is 0.862. The molecule has 0 radical (unpaired) electrons. The van der Waals surface area contributed by atoms with Gasteiger partial charge in [0.1, 0.15) is 17.8 Å². The highest BCUT2D eigenvalue weighted by molar-refractivity contribution is 6.30. The van der Waals surface area contributed by atoms with E-state index < -0.39 is 5.60 Å². The number of ether oxygens (including phenoxy) is 3. The van der Waals surface area contributed by atoms with E-state index in [1.807, 2.05) is 39.0 Å². The number of halogens is 1. The molecule has 7 heteroatoms. The summed E-state index contributed by atoms with van der Waals surface area (Å²) in [6, 6.07) is 7.45. The third-order valence-corrected chi connectivity index (χ3v) is 3.91. The summed E-state index contributed by atoms with van der Waals surface area (Å²) in [7, 11) is 0. The number of carbonyl (C=O) groups is 1. The van der Waals surface area contributed by atoms with Crippen molar-refractivity contribution < 1.29 is 19.0 Å². The first-order valence-corrected chi connectivity index (χ1v) is 8.84. The standard InChI is InChI=1S/C18H27ClN2O4/c1-18(2,3)25-17(22)21-8-10-23-15(12-21)16(24-9-7-20)13-5-4-6-14(19)11-13/h4-6,11,15-16H,7-10,12,20H2,1-3H3/t15?,16-/m0/s1. The van der Waals surface area contributed by atoms with Crippen molar-refractivity contribution in [1.82, 2.24) is 4.90 Å². The Balaban J connectivity index is 2.12. The molecule has 0 saturated carbocycles. The molecule has 0 spiro atoms. The van der Waals surface area contributed by atoms with Gasteiger partial charge in [-0.1, -0.05) is 23.7 Å². The van der Waals surface area contributed by atoms with E-state index in [2.05, 4.69) is 0 Å². The second-order valence-corrected chi connectivity index (χ2v) is 7.41. The molecule has 6 nitrogen and oxygen atoms in total. The highest BCUT2D eigenvalue weighted by Crippen LogP contribution is 2.28. The number of rotatable bonds is 5. The van der Waals surface area contributed by atoms with Gasteiger partial charge >= 0.3 is 6.09 Å². The van der Waals surface area contributed by atoms with Crippen molar-refractivity contribution in [2.75, 3.05) is 32.8 Å². The van der Waals surface area contributed by atoms with E-state index in [0.29, 0.717) is 37.9 Å². The summed E-state index contributed by atoms with van der Waals surface area (Å²) in [5, 5.41) is 0.624. The monoisotopic (exact) mass is 370 g/mol. The molecular formula is C18H27ClN2O4. The highest BCUT2D eigenvalue weighted by Gasteiger charge is 2.33. The summed E-state index contributed by atoms with van der Waals surface area (Å²) in [5.41, 5.74) is 5.95. The molecule has 1 saturated heterocycles. The van der Waals surface area contributed by atoms with Gasteiger partial charge in [-0.3, -0.25) is 0 Å². The van der Waals surface area contributed by atoms with Crippen LogP contribution in [0.4, 0.5) is 4.79 Å². The first-order chi connectivity index (χ1) is 11.8. The summed E-state index contributed by atoms with van der Waals surface area (Å²) < 4.78 is 17.3. The third-order valence-electron chi connectivity index (χ3n) is 3.68. The molecule has 0 aliphatic carbocycles. The van der Waals surface area contributed by atoms with Crippen LogP contribution in [0, 0.1) is 0 Å². The van der Waals surface area contributed by atoms with E-state index in [1.165, 1.54) is 0 Å². The van der Waals surface area contributed by atoms with Crippen LogP contribution >= 0.6 is 11.6 Å². The third kappa shape index (κ3) is 6.15. The van der Waals surface area contributed by atoms with Crippen molar-refractivity contribution in [2.45, 2.75) is 38.6 Å². The van der Waals surface area contributed by atoms with E-state index in [1.54, 1.807) is 11.0 Å². The fraction of sp³-hybridized carbons (Fsp3) is 0.611. The number of benzene rings is 1. The van der Waals surface area contributed by atoms with Gasteiger partial charge in [-0.25, -0.2) is 4.79 Å². The van der Waals surface area contributed by atoms with Gasteiger partial charge in [-0.2, -0.15) is 0 Å². The van der Waals surface area contributed by atoms with Crippen LogP contribution in [0.3, 0.4) is 0 Å². The summed E-state index contributed by atoms with van der Waals surface area (Å²) in [6.45, 7) is 7.64. The largest absolute Gasteiger partial charge is 0.444 e. The van der Waals surface area contributed by atoms with E-state index in [9.17, 15) is 4.79 Å². The predicted molar refractivity (Wildman–Crippen MR) is 96.7 cm³/mol. The van der Waals surface area contributed by atoms with Crippen molar-refractivity contribution in [2.24, 2.45) is 5.73 Å². The van der Waals surface area contributed by atoms with Crippen molar-refractivity contribution >= 4 is 17.7 Å². The van der Waals surface area contributed by atoms with E-state index in [-0.39, 0.29) is 18.3 Å². The molecule has 1 amide bonds. The second-order valence-electron chi connectivity index (χ2n) is 6.97. The molecule has 0 aromatic heterocycles. The SMILES string of the molecule is CC(C)(C)OC(=O)N1CCOC([C@@H](OCCN)c2cccc(Cl)c2)C1. The average molecular weight is 371 g/mol. The lowest BCUT2D eigenvalue weighted by Gasteiger charge is -2.37. The van der Waals surface area contributed by atoms with Gasteiger partial charge in [0.25, 0.3) is 0 Å². The van der Waals surface area contributed by atoms with Crippen LogP contribution < -0.4 is 5.73 Å². The molecule has 1 fully saturated rings. The maximum absolute atomic E-state index is 12.4. The van der Waals surface area contributed by atoms with Gasteiger partial charge in [-0.15, -0.1) is 0 Å². The lowest BCUT2D eigenvalue weighted by molar-refractivity contribution is -0.112. The van der Waals surface area contributed by atoms with Gasteiger partial charge < -0.3 is 24.8 Å². The number of hydrogen-bond donors (Lipinski definition) is 1. The van der Waals surface area contributed by atoms with Gasteiger partial charge in [0.15, 0.2) is 0 Å². The van der Waals surface area contributed by atoms with Gasteiger partial charge in [0, 0.05) is 18.1 Å². The number of nitrogens with two attached hydrogens (primary N) is 1. The lowest BCUT2D eigenvalue weighted by Crippen LogP contribution is -2.49. The Morgan fingerprint density at radius 3 is 2.88 bits per heavy atom. The maximum Gasteiger partial charge on any atom is 0.410 e. The number of nitrogens with zero attached hydrogens (tertiary/aromatic N) is 1. The smallest absolute Gasteiger partial charge is 0.410 e. The molecule has 1 heterocycles.